The largest absolute Gasteiger partial charge is 0.481 e. The molecule has 2 aliphatic heterocycles. The molecule has 19 heavy (non-hydrogen) atoms. The average Bonchev–Trinajstić information content (AvgIpc) is 3.02. The minimum atomic E-state index is -0.814. The minimum Gasteiger partial charge on any atom is -0.481 e. The molecule has 1 saturated carbocycles. The van der Waals surface area contributed by atoms with E-state index < -0.39 is 17.9 Å². The van der Waals surface area contributed by atoms with Crippen LogP contribution >= 0.6 is 0 Å². The Bertz CT molecular complexity index is 446. The van der Waals surface area contributed by atoms with Crippen LogP contribution in [-0.2, 0) is 14.4 Å². The second-order valence-corrected chi connectivity index (χ2v) is 5.76. The fourth-order valence-electron chi connectivity index (χ4n) is 3.34. The fourth-order valence-corrected chi connectivity index (χ4v) is 3.34. The molecule has 0 aromatic carbocycles. The van der Waals surface area contributed by atoms with Crippen LogP contribution in [0.5, 0.6) is 0 Å². The quantitative estimate of drug-likeness (QED) is 0.731. The summed E-state index contributed by atoms with van der Waals surface area (Å²) in [5.41, 5.74) is 0. The van der Waals surface area contributed by atoms with Crippen molar-refractivity contribution in [3.8, 4) is 0 Å². The zero-order valence-corrected chi connectivity index (χ0v) is 10.9. The average molecular weight is 266 g/mol. The summed E-state index contributed by atoms with van der Waals surface area (Å²) < 4.78 is 0. The maximum absolute atomic E-state index is 12.3. The molecule has 6 nitrogen and oxygen atoms in total. The first-order chi connectivity index (χ1) is 9.00. The number of likely N-dealkylation sites (tertiary alicyclic amines) is 2. The zero-order chi connectivity index (χ0) is 13.7. The van der Waals surface area contributed by atoms with Crippen molar-refractivity contribution < 1.29 is 19.5 Å². The van der Waals surface area contributed by atoms with Crippen LogP contribution in [0.15, 0.2) is 0 Å². The molecule has 3 atom stereocenters. The molecule has 2 amide bonds. The number of carbonyl (C=O) groups is 3. The Morgan fingerprint density at radius 2 is 1.95 bits per heavy atom. The second-order valence-electron chi connectivity index (χ2n) is 5.76. The highest BCUT2D eigenvalue weighted by Gasteiger charge is 2.51. The van der Waals surface area contributed by atoms with Crippen molar-refractivity contribution in [1.29, 1.82) is 0 Å². The van der Waals surface area contributed by atoms with Crippen LogP contribution < -0.4 is 0 Å². The normalized spacial score (nSPS) is 36.3. The predicted molar refractivity (Wildman–Crippen MR) is 65.2 cm³/mol. The van der Waals surface area contributed by atoms with E-state index in [0.29, 0.717) is 13.0 Å². The number of carboxylic acid groups (broad SMARTS) is 1. The Morgan fingerprint density at radius 3 is 2.47 bits per heavy atom. The molecule has 0 aromatic rings. The van der Waals surface area contributed by atoms with E-state index in [9.17, 15) is 14.4 Å². The van der Waals surface area contributed by atoms with Crippen molar-refractivity contribution >= 4 is 17.8 Å². The van der Waals surface area contributed by atoms with Gasteiger partial charge in [-0.1, -0.05) is 0 Å². The maximum Gasteiger partial charge on any atom is 0.308 e. The molecule has 0 bridgehead atoms. The summed E-state index contributed by atoms with van der Waals surface area (Å²) in [6.07, 6.45) is 2.60. The van der Waals surface area contributed by atoms with Gasteiger partial charge in [-0.15, -0.1) is 0 Å². The van der Waals surface area contributed by atoms with E-state index in [4.69, 9.17) is 5.11 Å². The lowest BCUT2D eigenvalue weighted by Gasteiger charge is -2.27. The van der Waals surface area contributed by atoms with Crippen LogP contribution in [-0.4, -0.2) is 57.4 Å². The standard InChI is InChI=1S/C13H18N2O4/c1-7-9(13(18)19)4-5-14(7)10-6-11(16)15(12(10)17)8-2-3-8/h7-10H,2-6H2,1H3,(H,18,19). The third-order valence-electron chi connectivity index (χ3n) is 4.59. The molecule has 2 heterocycles. The van der Waals surface area contributed by atoms with Gasteiger partial charge in [-0.05, 0) is 26.2 Å². The first-order valence-corrected chi connectivity index (χ1v) is 6.85. The lowest BCUT2D eigenvalue weighted by atomic mass is 10.0. The topological polar surface area (TPSA) is 77.9 Å². The Morgan fingerprint density at radius 1 is 1.26 bits per heavy atom. The highest BCUT2D eigenvalue weighted by Crippen LogP contribution is 2.36. The van der Waals surface area contributed by atoms with Gasteiger partial charge in [-0.25, -0.2) is 0 Å². The summed E-state index contributed by atoms with van der Waals surface area (Å²) in [6, 6.07) is -0.510. The first-order valence-electron chi connectivity index (χ1n) is 6.85. The highest BCUT2D eigenvalue weighted by atomic mass is 16.4. The van der Waals surface area contributed by atoms with Crippen molar-refractivity contribution in [2.45, 2.75) is 50.7 Å². The van der Waals surface area contributed by atoms with Crippen molar-refractivity contribution in [3.05, 3.63) is 0 Å². The van der Waals surface area contributed by atoms with Gasteiger partial charge in [0.1, 0.15) is 0 Å². The van der Waals surface area contributed by atoms with Gasteiger partial charge in [0.05, 0.1) is 18.4 Å². The molecule has 1 aliphatic carbocycles. The molecule has 3 rings (SSSR count). The summed E-state index contributed by atoms with van der Waals surface area (Å²) in [7, 11) is 0. The molecule has 6 heteroatoms. The number of hydrogen-bond donors (Lipinski definition) is 1. The number of carboxylic acids is 1. The molecule has 2 saturated heterocycles. The van der Waals surface area contributed by atoms with Gasteiger partial charge in [0.15, 0.2) is 0 Å². The molecule has 0 aromatic heterocycles. The number of imide groups is 1. The lowest BCUT2D eigenvalue weighted by Crippen LogP contribution is -2.45. The molecular weight excluding hydrogens is 248 g/mol. The van der Waals surface area contributed by atoms with Gasteiger partial charge in [-0.3, -0.25) is 24.2 Å². The van der Waals surface area contributed by atoms with Gasteiger partial charge in [0.2, 0.25) is 11.8 Å². The molecular formula is C13H18N2O4. The number of aliphatic carboxylic acids is 1. The monoisotopic (exact) mass is 266 g/mol. The zero-order valence-electron chi connectivity index (χ0n) is 10.9. The van der Waals surface area contributed by atoms with Gasteiger partial charge >= 0.3 is 5.97 Å². The Kier molecular flexibility index (Phi) is 2.85. The van der Waals surface area contributed by atoms with E-state index in [2.05, 4.69) is 0 Å². The van der Waals surface area contributed by atoms with Crippen LogP contribution in [0.1, 0.15) is 32.6 Å². The minimum absolute atomic E-state index is 0.0940. The first kappa shape index (κ1) is 12.6. The summed E-state index contributed by atoms with van der Waals surface area (Å²) in [6.45, 7) is 2.42. The summed E-state index contributed by atoms with van der Waals surface area (Å²) in [5, 5.41) is 9.12. The second kappa shape index (κ2) is 4.30. The van der Waals surface area contributed by atoms with Crippen LogP contribution in [0.4, 0.5) is 0 Å². The Hall–Kier alpha value is -1.43. The Balaban J connectivity index is 1.75. The smallest absolute Gasteiger partial charge is 0.308 e. The summed E-state index contributed by atoms with van der Waals surface area (Å²) >= 11 is 0. The highest BCUT2D eigenvalue weighted by molar-refractivity contribution is 6.06. The third kappa shape index (κ3) is 1.94. The van der Waals surface area contributed by atoms with Crippen molar-refractivity contribution in [2.75, 3.05) is 6.54 Å². The van der Waals surface area contributed by atoms with Gasteiger partial charge in [-0.2, -0.15) is 0 Å². The number of carbonyl (C=O) groups excluding carboxylic acids is 2. The van der Waals surface area contributed by atoms with Gasteiger partial charge in [0, 0.05) is 18.6 Å². The number of rotatable bonds is 3. The summed E-state index contributed by atoms with van der Waals surface area (Å²) in [5.74, 6) is -1.46. The number of amides is 2. The number of nitrogens with zero attached hydrogens (tertiary/aromatic N) is 2. The lowest BCUT2D eigenvalue weighted by molar-refractivity contribution is -0.144. The Labute approximate surface area is 111 Å². The van der Waals surface area contributed by atoms with Crippen LogP contribution in [0, 0.1) is 5.92 Å². The summed E-state index contributed by atoms with van der Waals surface area (Å²) in [4.78, 5) is 38.7. The SMILES string of the molecule is CC1C(C(=O)O)CCN1C1CC(=O)N(C2CC2)C1=O. The van der Waals surface area contributed by atoms with Gasteiger partial charge in [0.25, 0.3) is 0 Å². The molecule has 0 spiro atoms. The van der Waals surface area contributed by atoms with Crippen LogP contribution in [0.3, 0.4) is 0 Å². The van der Waals surface area contributed by atoms with Crippen molar-refractivity contribution in [1.82, 2.24) is 9.80 Å². The fraction of sp³-hybridized carbons (Fsp3) is 0.769. The van der Waals surface area contributed by atoms with Crippen molar-refractivity contribution in [2.24, 2.45) is 5.92 Å². The van der Waals surface area contributed by atoms with E-state index in [1.54, 1.807) is 0 Å². The maximum atomic E-state index is 12.3. The molecule has 3 unspecified atom stereocenters. The molecule has 3 aliphatic rings. The van der Waals surface area contributed by atoms with E-state index in [1.807, 2.05) is 11.8 Å². The van der Waals surface area contributed by atoms with Gasteiger partial charge < -0.3 is 5.11 Å². The van der Waals surface area contributed by atoms with Crippen molar-refractivity contribution in [3.63, 3.8) is 0 Å². The van der Waals surface area contributed by atoms with Crippen LogP contribution in [0.2, 0.25) is 0 Å². The van der Waals surface area contributed by atoms with Crippen LogP contribution in [0.25, 0.3) is 0 Å². The molecule has 104 valence electrons. The van der Waals surface area contributed by atoms with E-state index in [-0.39, 0.29) is 30.3 Å². The van der Waals surface area contributed by atoms with E-state index >= 15 is 0 Å². The van der Waals surface area contributed by atoms with E-state index in [1.165, 1.54) is 4.90 Å². The number of hydrogen-bond acceptors (Lipinski definition) is 4. The molecule has 3 fully saturated rings. The predicted octanol–water partition coefficient (Wildman–Crippen LogP) is 0.0713. The molecule has 1 N–H and O–H groups in total. The third-order valence-corrected chi connectivity index (χ3v) is 4.59. The molecule has 0 radical (unpaired) electrons. The van der Waals surface area contributed by atoms with E-state index in [0.717, 1.165) is 12.8 Å².